The molecule has 154 valence electrons. The summed E-state index contributed by atoms with van der Waals surface area (Å²) >= 11 is 0. The molecule has 6 nitrogen and oxygen atoms in total. The van der Waals surface area contributed by atoms with Crippen LogP contribution in [-0.2, 0) is 11.3 Å². The Morgan fingerprint density at radius 1 is 1.26 bits per heavy atom. The van der Waals surface area contributed by atoms with Gasteiger partial charge in [0.25, 0.3) is 0 Å². The van der Waals surface area contributed by atoms with Gasteiger partial charge in [0.2, 0.25) is 0 Å². The average Bonchev–Trinajstić information content (AvgIpc) is 2.65. The number of methoxy groups -OCH3 is 1. The molecule has 1 aliphatic heterocycles. The molecule has 1 saturated heterocycles. The van der Waals surface area contributed by atoms with E-state index in [-0.39, 0.29) is 29.5 Å². The molecular formula is C20H35IN4O2. The Bertz CT molecular complexity index is 602. The van der Waals surface area contributed by atoms with Crippen LogP contribution in [0.1, 0.15) is 31.9 Å². The number of ether oxygens (including phenoxy) is 2. The fourth-order valence-corrected chi connectivity index (χ4v) is 3.07. The maximum Gasteiger partial charge on any atom is 0.191 e. The Morgan fingerprint density at radius 2 is 1.96 bits per heavy atom. The summed E-state index contributed by atoms with van der Waals surface area (Å²) in [6.07, 6.45) is 0. The van der Waals surface area contributed by atoms with Crippen molar-refractivity contribution in [2.24, 2.45) is 4.99 Å². The lowest BCUT2D eigenvalue weighted by molar-refractivity contribution is -0.00834. The van der Waals surface area contributed by atoms with Crippen molar-refractivity contribution in [2.75, 3.05) is 46.5 Å². The van der Waals surface area contributed by atoms with Gasteiger partial charge in [0.15, 0.2) is 5.96 Å². The Morgan fingerprint density at radius 3 is 2.59 bits per heavy atom. The standard InChI is InChI=1S/C20H34N4O2.HI/c1-6-21-19(22-14-17-8-7-16(2)13-18(17)25-5)23-15-20(3,4)24-9-11-26-12-10-24;/h7-8,13H,6,9-12,14-15H2,1-5H3,(H2,21,22,23);1H. The number of morpholine rings is 1. The number of aryl methyl sites for hydroxylation is 1. The topological polar surface area (TPSA) is 58.1 Å². The number of benzene rings is 1. The van der Waals surface area contributed by atoms with Crippen LogP contribution in [0, 0.1) is 6.92 Å². The molecule has 7 heteroatoms. The number of hydrogen-bond acceptors (Lipinski definition) is 4. The first-order valence-corrected chi connectivity index (χ1v) is 9.44. The Hall–Kier alpha value is -1.06. The lowest BCUT2D eigenvalue weighted by Crippen LogP contribution is -2.56. The van der Waals surface area contributed by atoms with E-state index in [4.69, 9.17) is 14.5 Å². The van der Waals surface area contributed by atoms with Crippen molar-refractivity contribution in [3.63, 3.8) is 0 Å². The number of guanidine groups is 1. The minimum Gasteiger partial charge on any atom is -0.496 e. The number of aliphatic imine (C=N–C) groups is 1. The highest BCUT2D eigenvalue weighted by Crippen LogP contribution is 2.20. The second-order valence-electron chi connectivity index (χ2n) is 7.28. The lowest BCUT2D eigenvalue weighted by atomic mass is 10.0. The van der Waals surface area contributed by atoms with Gasteiger partial charge in [-0.15, -0.1) is 24.0 Å². The van der Waals surface area contributed by atoms with Crippen molar-refractivity contribution in [1.82, 2.24) is 15.5 Å². The van der Waals surface area contributed by atoms with Gasteiger partial charge in [-0.25, -0.2) is 4.99 Å². The van der Waals surface area contributed by atoms with Crippen LogP contribution in [0.25, 0.3) is 0 Å². The zero-order valence-corrected chi connectivity index (χ0v) is 19.6. The van der Waals surface area contributed by atoms with Crippen LogP contribution in [-0.4, -0.2) is 62.9 Å². The number of rotatable bonds is 7. The van der Waals surface area contributed by atoms with Gasteiger partial charge >= 0.3 is 0 Å². The highest BCUT2D eigenvalue weighted by atomic mass is 127. The summed E-state index contributed by atoms with van der Waals surface area (Å²) in [6.45, 7) is 14.5. The summed E-state index contributed by atoms with van der Waals surface area (Å²) in [5.41, 5.74) is 2.32. The van der Waals surface area contributed by atoms with E-state index < -0.39 is 0 Å². The predicted octanol–water partition coefficient (Wildman–Crippen LogP) is 2.79. The van der Waals surface area contributed by atoms with E-state index in [1.807, 2.05) is 6.07 Å². The van der Waals surface area contributed by atoms with E-state index in [0.717, 1.165) is 56.7 Å². The molecule has 1 heterocycles. The minimum atomic E-state index is 0. The Kier molecular flexibility index (Phi) is 10.4. The first-order valence-electron chi connectivity index (χ1n) is 9.44. The summed E-state index contributed by atoms with van der Waals surface area (Å²) in [5.74, 6) is 1.72. The summed E-state index contributed by atoms with van der Waals surface area (Å²) in [4.78, 5) is 7.21. The molecule has 0 atom stereocenters. The molecule has 0 spiro atoms. The largest absolute Gasteiger partial charge is 0.496 e. The van der Waals surface area contributed by atoms with Gasteiger partial charge in [0, 0.05) is 37.3 Å². The third-order valence-electron chi connectivity index (χ3n) is 4.75. The molecule has 2 N–H and O–H groups in total. The number of nitrogens with one attached hydrogen (secondary N) is 2. The van der Waals surface area contributed by atoms with Crippen LogP contribution < -0.4 is 15.4 Å². The van der Waals surface area contributed by atoms with Crippen LogP contribution in [0.4, 0.5) is 0 Å². The first-order chi connectivity index (χ1) is 12.5. The van der Waals surface area contributed by atoms with E-state index >= 15 is 0 Å². The molecule has 0 saturated carbocycles. The van der Waals surface area contributed by atoms with E-state index in [2.05, 4.69) is 55.4 Å². The van der Waals surface area contributed by atoms with Crippen molar-refractivity contribution in [1.29, 1.82) is 0 Å². The molecule has 1 fully saturated rings. The molecule has 0 amide bonds. The predicted molar refractivity (Wildman–Crippen MR) is 122 cm³/mol. The maximum absolute atomic E-state index is 5.48. The first kappa shape index (κ1) is 24.0. The summed E-state index contributed by atoms with van der Waals surface area (Å²) in [5, 5.41) is 6.83. The monoisotopic (exact) mass is 490 g/mol. The zero-order valence-electron chi connectivity index (χ0n) is 17.3. The molecule has 27 heavy (non-hydrogen) atoms. The molecule has 0 aromatic heterocycles. The molecule has 1 aromatic rings. The second-order valence-corrected chi connectivity index (χ2v) is 7.28. The molecule has 0 radical (unpaired) electrons. The van der Waals surface area contributed by atoms with Gasteiger partial charge in [0.05, 0.1) is 26.9 Å². The van der Waals surface area contributed by atoms with Crippen molar-refractivity contribution in [3.05, 3.63) is 29.3 Å². The quantitative estimate of drug-likeness (QED) is 0.350. The van der Waals surface area contributed by atoms with Crippen LogP contribution in [0.3, 0.4) is 0 Å². The van der Waals surface area contributed by atoms with Gasteiger partial charge in [0.1, 0.15) is 5.75 Å². The number of nitrogens with zero attached hydrogens (tertiary/aromatic N) is 2. The molecule has 2 rings (SSSR count). The average molecular weight is 490 g/mol. The summed E-state index contributed by atoms with van der Waals surface area (Å²) < 4.78 is 11.0. The Labute approximate surface area is 181 Å². The molecule has 0 aliphatic carbocycles. The molecule has 1 aliphatic rings. The second kappa shape index (κ2) is 11.7. The zero-order chi connectivity index (χ0) is 19.0. The fraction of sp³-hybridized carbons (Fsp3) is 0.650. The van der Waals surface area contributed by atoms with E-state index in [1.54, 1.807) is 7.11 Å². The third kappa shape index (κ3) is 7.46. The van der Waals surface area contributed by atoms with Gasteiger partial charge < -0.3 is 20.1 Å². The van der Waals surface area contributed by atoms with Gasteiger partial charge in [-0.1, -0.05) is 12.1 Å². The number of halogens is 1. The third-order valence-corrected chi connectivity index (χ3v) is 4.75. The van der Waals surface area contributed by atoms with Crippen molar-refractivity contribution in [3.8, 4) is 5.75 Å². The SMILES string of the molecule is CCNC(=NCc1ccc(C)cc1OC)NCC(C)(C)N1CCOCC1.I. The number of hydrogen-bond donors (Lipinski definition) is 2. The van der Waals surface area contributed by atoms with E-state index in [1.165, 1.54) is 5.56 Å². The Balaban J connectivity index is 0.00000364. The highest BCUT2D eigenvalue weighted by Gasteiger charge is 2.28. The normalized spacial score (nSPS) is 15.8. The van der Waals surface area contributed by atoms with Gasteiger partial charge in [-0.3, -0.25) is 4.90 Å². The molecule has 0 unspecified atom stereocenters. The minimum absolute atomic E-state index is 0. The van der Waals surface area contributed by atoms with Gasteiger partial charge in [-0.2, -0.15) is 0 Å². The molecule has 0 bridgehead atoms. The summed E-state index contributed by atoms with van der Waals surface area (Å²) in [7, 11) is 1.70. The van der Waals surface area contributed by atoms with Crippen molar-refractivity contribution >= 4 is 29.9 Å². The smallest absolute Gasteiger partial charge is 0.191 e. The van der Waals surface area contributed by atoms with Crippen LogP contribution in [0.2, 0.25) is 0 Å². The van der Waals surface area contributed by atoms with E-state index in [9.17, 15) is 0 Å². The summed E-state index contributed by atoms with van der Waals surface area (Å²) in [6, 6.07) is 6.22. The highest BCUT2D eigenvalue weighted by molar-refractivity contribution is 14.0. The maximum atomic E-state index is 5.48. The van der Waals surface area contributed by atoms with Crippen LogP contribution in [0.5, 0.6) is 5.75 Å². The lowest BCUT2D eigenvalue weighted by Gasteiger charge is -2.41. The van der Waals surface area contributed by atoms with Gasteiger partial charge in [-0.05, 0) is 39.3 Å². The van der Waals surface area contributed by atoms with Crippen molar-refractivity contribution in [2.45, 2.75) is 39.8 Å². The molecule has 1 aromatic carbocycles. The van der Waals surface area contributed by atoms with Crippen LogP contribution in [0.15, 0.2) is 23.2 Å². The van der Waals surface area contributed by atoms with Crippen LogP contribution >= 0.6 is 24.0 Å². The fourth-order valence-electron chi connectivity index (χ4n) is 3.07. The van der Waals surface area contributed by atoms with Crippen molar-refractivity contribution < 1.29 is 9.47 Å². The van der Waals surface area contributed by atoms with E-state index in [0.29, 0.717) is 6.54 Å². The molecular weight excluding hydrogens is 455 g/mol.